The van der Waals surface area contributed by atoms with Gasteiger partial charge in [0.15, 0.2) is 0 Å². The lowest BCUT2D eigenvalue weighted by Crippen LogP contribution is -2.38. The molecule has 2 aromatic rings. The Morgan fingerprint density at radius 2 is 1.84 bits per heavy atom. The molecule has 2 N–H and O–H groups in total. The maximum atomic E-state index is 12.1. The molecule has 96 valence electrons. The lowest BCUT2D eigenvalue weighted by Gasteiger charge is -2.12. The molecule has 1 aliphatic heterocycles. The summed E-state index contributed by atoms with van der Waals surface area (Å²) in [6, 6.07) is 17.9. The second-order valence-corrected chi connectivity index (χ2v) is 4.76. The first-order chi connectivity index (χ1) is 9.33. The smallest absolute Gasteiger partial charge is 0.243 e. The molecule has 0 spiro atoms. The van der Waals surface area contributed by atoms with Crippen molar-refractivity contribution in [3.8, 4) is 0 Å². The second-order valence-electron chi connectivity index (χ2n) is 4.76. The van der Waals surface area contributed by atoms with Gasteiger partial charge in [0, 0.05) is 18.7 Å². The van der Waals surface area contributed by atoms with Gasteiger partial charge in [0.05, 0.1) is 0 Å². The predicted molar refractivity (Wildman–Crippen MR) is 75.8 cm³/mol. The maximum absolute atomic E-state index is 12.1. The van der Waals surface area contributed by atoms with Gasteiger partial charge in [-0.05, 0) is 17.2 Å². The normalized spacial score (nSPS) is 16.5. The molecule has 1 unspecified atom stereocenters. The summed E-state index contributed by atoms with van der Waals surface area (Å²) < 4.78 is 0. The van der Waals surface area contributed by atoms with Gasteiger partial charge in [0.2, 0.25) is 5.91 Å². The average molecular weight is 252 g/mol. The van der Waals surface area contributed by atoms with Crippen LogP contribution in [0.1, 0.15) is 11.1 Å². The predicted octanol–water partition coefficient (Wildman–Crippen LogP) is 2.34. The topological polar surface area (TPSA) is 41.1 Å². The van der Waals surface area contributed by atoms with Crippen molar-refractivity contribution < 1.29 is 4.79 Å². The summed E-state index contributed by atoms with van der Waals surface area (Å²) in [6.07, 6.45) is 0.761. The Kier molecular flexibility index (Phi) is 3.19. The Labute approximate surface area is 112 Å². The van der Waals surface area contributed by atoms with Crippen LogP contribution in [0.15, 0.2) is 54.6 Å². The minimum atomic E-state index is -0.152. The van der Waals surface area contributed by atoms with Crippen LogP contribution in [0.3, 0.4) is 0 Å². The van der Waals surface area contributed by atoms with E-state index in [1.807, 2.05) is 48.5 Å². The standard InChI is InChI=1S/C16H16N2O/c19-16(17-11-12-6-2-1-3-7-12)15-10-13-8-4-5-9-14(13)18-15/h1-9,15,18H,10-11H2,(H,17,19). The van der Waals surface area contributed by atoms with Gasteiger partial charge in [-0.25, -0.2) is 0 Å². The minimum Gasteiger partial charge on any atom is -0.373 e. The molecule has 1 aliphatic rings. The van der Waals surface area contributed by atoms with Crippen molar-refractivity contribution in [2.45, 2.75) is 19.0 Å². The number of para-hydroxylation sites is 1. The highest BCUT2D eigenvalue weighted by Gasteiger charge is 2.25. The summed E-state index contributed by atoms with van der Waals surface area (Å²) in [4.78, 5) is 12.1. The molecule has 1 atom stereocenters. The number of anilines is 1. The molecule has 0 aromatic heterocycles. The number of amides is 1. The van der Waals surface area contributed by atoms with Crippen LogP contribution in [-0.4, -0.2) is 11.9 Å². The van der Waals surface area contributed by atoms with Gasteiger partial charge < -0.3 is 10.6 Å². The number of fused-ring (bicyclic) bond motifs is 1. The fraction of sp³-hybridized carbons (Fsp3) is 0.188. The number of carbonyl (C=O) groups is 1. The van der Waals surface area contributed by atoms with Crippen molar-refractivity contribution >= 4 is 11.6 Å². The van der Waals surface area contributed by atoms with Crippen molar-refractivity contribution in [2.75, 3.05) is 5.32 Å². The van der Waals surface area contributed by atoms with Crippen LogP contribution in [-0.2, 0) is 17.8 Å². The number of rotatable bonds is 3. The monoisotopic (exact) mass is 252 g/mol. The second kappa shape index (κ2) is 5.14. The largest absolute Gasteiger partial charge is 0.373 e. The summed E-state index contributed by atoms with van der Waals surface area (Å²) in [5.41, 5.74) is 3.40. The number of carbonyl (C=O) groups excluding carboxylic acids is 1. The van der Waals surface area contributed by atoms with Crippen LogP contribution >= 0.6 is 0 Å². The highest BCUT2D eigenvalue weighted by atomic mass is 16.2. The van der Waals surface area contributed by atoms with Crippen molar-refractivity contribution in [1.82, 2.24) is 5.32 Å². The SMILES string of the molecule is O=C(NCc1ccccc1)C1Cc2ccccc2N1. The fourth-order valence-corrected chi connectivity index (χ4v) is 2.36. The first-order valence-electron chi connectivity index (χ1n) is 6.49. The van der Waals surface area contributed by atoms with Gasteiger partial charge in [-0.15, -0.1) is 0 Å². The van der Waals surface area contributed by atoms with Gasteiger partial charge in [-0.1, -0.05) is 48.5 Å². The Bertz CT molecular complexity index is 555. The summed E-state index contributed by atoms with van der Waals surface area (Å²) in [5, 5.41) is 6.23. The molecular weight excluding hydrogens is 236 g/mol. The average Bonchev–Trinajstić information content (AvgIpc) is 2.90. The molecule has 1 amide bonds. The number of nitrogens with one attached hydrogen (secondary N) is 2. The molecule has 0 saturated heterocycles. The number of benzene rings is 2. The molecule has 1 heterocycles. The molecule has 19 heavy (non-hydrogen) atoms. The summed E-state index contributed by atoms with van der Waals surface area (Å²) in [5.74, 6) is 0.0556. The third-order valence-electron chi connectivity index (χ3n) is 3.40. The Balaban J connectivity index is 1.58. The molecule has 0 fully saturated rings. The fourth-order valence-electron chi connectivity index (χ4n) is 2.36. The molecular formula is C16H16N2O. The zero-order valence-corrected chi connectivity index (χ0v) is 10.6. The van der Waals surface area contributed by atoms with E-state index in [0.717, 1.165) is 17.7 Å². The zero-order valence-electron chi connectivity index (χ0n) is 10.6. The van der Waals surface area contributed by atoms with E-state index in [0.29, 0.717) is 6.54 Å². The molecule has 0 aliphatic carbocycles. The van der Waals surface area contributed by atoms with Crippen LogP contribution in [0.2, 0.25) is 0 Å². The minimum absolute atomic E-state index is 0.0556. The number of hydrogen-bond acceptors (Lipinski definition) is 2. The highest BCUT2D eigenvalue weighted by Crippen LogP contribution is 2.25. The first kappa shape index (κ1) is 11.8. The Hall–Kier alpha value is -2.29. The lowest BCUT2D eigenvalue weighted by molar-refractivity contribution is -0.121. The molecule has 0 saturated carbocycles. The molecule has 0 bridgehead atoms. The van der Waals surface area contributed by atoms with Crippen LogP contribution in [0.5, 0.6) is 0 Å². The van der Waals surface area contributed by atoms with Crippen LogP contribution in [0.25, 0.3) is 0 Å². The molecule has 2 aromatic carbocycles. The van der Waals surface area contributed by atoms with Gasteiger partial charge in [0.1, 0.15) is 6.04 Å². The van der Waals surface area contributed by atoms with Gasteiger partial charge in [0.25, 0.3) is 0 Å². The van der Waals surface area contributed by atoms with Crippen LogP contribution in [0.4, 0.5) is 5.69 Å². The van der Waals surface area contributed by atoms with Crippen molar-refractivity contribution in [3.05, 3.63) is 65.7 Å². The van der Waals surface area contributed by atoms with Gasteiger partial charge in [-0.2, -0.15) is 0 Å². The van der Waals surface area contributed by atoms with Crippen molar-refractivity contribution in [1.29, 1.82) is 0 Å². The van der Waals surface area contributed by atoms with E-state index < -0.39 is 0 Å². The van der Waals surface area contributed by atoms with E-state index in [9.17, 15) is 4.79 Å². The Morgan fingerprint density at radius 3 is 2.63 bits per heavy atom. The summed E-state index contributed by atoms with van der Waals surface area (Å²) >= 11 is 0. The summed E-state index contributed by atoms with van der Waals surface area (Å²) in [6.45, 7) is 0.578. The molecule has 0 radical (unpaired) electrons. The van der Waals surface area contributed by atoms with Crippen LogP contribution in [0, 0.1) is 0 Å². The van der Waals surface area contributed by atoms with Crippen LogP contribution < -0.4 is 10.6 Å². The van der Waals surface area contributed by atoms with Gasteiger partial charge >= 0.3 is 0 Å². The molecule has 3 heteroatoms. The van der Waals surface area contributed by atoms with Gasteiger partial charge in [-0.3, -0.25) is 4.79 Å². The van der Waals surface area contributed by atoms with E-state index in [-0.39, 0.29) is 11.9 Å². The van der Waals surface area contributed by atoms with Crippen molar-refractivity contribution in [2.24, 2.45) is 0 Å². The highest BCUT2D eigenvalue weighted by molar-refractivity contribution is 5.87. The molecule has 3 nitrogen and oxygen atoms in total. The van der Waals surface area contributed by atoms with E-state index in [4.69, 9.17) is 0 Å². The van der Waals surface area contributed by atoms with E-state index in [2.05, 4.69) is 16.7 Å². The lowest BCUT2D eigenvalue weighted by atomic mass is 10.1. The quantitative estimate of drug-likeness (QED) is 0.880. The third-order valence-corrected chi connectivity index (χ3v) is 3.40. The first-order valence-corrected chi connectivity index (χ1v) is 6.49. The third kappa shape index (κ3) is 2.60. The zero-order chi connectivity index (χ0) is 13.1. The Morgan fingerprint density at radius 1 is 1.11 bits per heavy atom. The maximum Gasteiger partial charge on any atom is 0.243 e. The number of hydrogen-bond donors (Lipinski definition) is 2. The van der Waals surface area contributed by atoms with E-state index in [1.54, 1.807) is 0 Å². The molecule has 3 rings (SSSR count). The van der Waals surface area contributed by atoms with Crippen molar-refractivity contribution in [3.63, 3.8) is 0 Å². The van der Waals surface area contributed by atoms with E-state index in [1.165, 1.54) is 5.56 Å². The van der Waals surface area contributed by atoms with E-state index >= 15 is 0 Å². The summed E-state index contributed by atoms with van der Waals surface area (Å²) in [7, 11) is 0.